The van der Waals surface area contributed by atoms with E-state index in [2.05, 4.69) is 48.9 Å². The molecule has 3 heteroatoms. The van der Waals surface area contributed by atoms with Gasteiger partial charge in [0.2, 0.25) is 0 Å². The van der Waals surface area contributed by atoms with Gasteiger partial charge >= 0.3 is 0 Å². The van der Waals surface area contributed by atoms with E-state index in [-0.39, 0.29) is 11.5 Å². The van der Waals surface area contributed by atoms with Crippen LogP contribution in [0.3, 0.4) is 0 Å². The zero-order chi connectivity index (χ0) is 10.9. The van der Waals surface area contributed by atoms with Gasteiger partial charge in [-0.05, 0) is 22.9 Å². The van der Waals surface area contributed by atoms with E-state index in [1.54, 1.807) is 22.7 Å². The first-order chi connectivity index (χ1) is 7.12. The molecule has 0 aliphatic carbocycles. The molecule has 0 saturated carbocycles. The molecule has 2 heterocycles. The van der Waals surface area contributed by atoms with Gasteiger partial charge in [-0.15, -0.1) is 22.7 Å². The molecule has 1 atom stereocenters. The van der Waals surface area contributed by atoms with Crippen LogP contribution in [0.5, 0.6) is 0 Å². The van der Waals surface area contributed by atoms with Gasteiger partial charge in [0.25, 0.3) is 0 Å². The van der Waals surface area contributed by atoms with Crippen LogP contribution in [0.15, 0.2) is 35.0 Å². The standard InChI is InChI=1S/C12H15NS2/c1-12(2,10-6-4-8-15-10)11(13)9-5-3-7-14-9/h3-8,11H,13H2,1-2H3. The van der Waals surface area contributed by atoms with E-state index in [1.165, 1.54) is 9.75 Å². The summed E-state index contributed by atoms with van der Waals surface area (Å²) in [6, 6.07) is 8.51. The average molecular weight is 237 g/mol. The summed E-state index contributed by atoms with van der Waals surface area (Å²) in [4.78, 5) is 2.61. The molecule has 0 aliphatic rings. The van der Waals surface area contributed by atoms with Gasteiger partial charge in [-0.2, -0.15) is 0 Å². The lowest BCUT2D eigenvalue weighted by Crippen LogP contribution is -2.31. The lowest BCUT2D eigenvalue weighted by atomic mass is 9.82. The smallest absolute Gasteiger partial charge is 0.0490 e. The Hall–Kier alpha value is -0.640. The molecule has 0 amide bonds. The van der Waals surface area contributed by atoms with Gasteiger partial charge < -0.3 is 5.73 Å². The summed E-state index contributed by atoms with van der Waals surface area (Å²) in [5.74, 6) is 0. The van der Waals surface area contributed by atoms with Crippen molar-refractivity contribution in [2.45, 2.75) is 25.3 Å². The van der Waals surface area contributed by atoms with E-state index in [9.17, 15) is 0 Å². The molecule has 1 nitrogen and oxygen atoms in total. The molecule has 0 aliphatic heterocycles. The molecule has 2 aromatic rings. The largest absolute Gasteiger partial charge is 0.323 e. The van der Waals surface area contributed by atoms with Crippen LogP contribution in [0.4, 0.5) is 0 Å². The molecule has 0 aromatic carbocycles. The number of rotatable bonds is 3. The number of thiophene rings is 2. The van der Waals surface area contributed by atoms with E-state index in [1.807, 2.05) is 0 Å². The first-order valence-corrected chi connectivity index (χ1v) is 6.71. The fraction of sp³-hybridized carbons (Fsp3) is 0.333. The molecule has 0 saturated heterocycles. The lowest BCUT2D eigenvalue weighted by molar-refractivity contribution is 0.434. The van der Waals surface area contributed by atoms with E-state index >= 15 is 0 Å². The second-order valence-electron chi connectivity index (χ2n) is 4.19. The summed E-state index contributed by atoms with van der Waals surface area (Å²) < 4.78 is 0. The van der Waals surface area contributed by atoms with Crippen LogP contribution < -0.4 is 5.73 Å². The van der Waals surface area contributed by atoms with Crippen LogP contribution in [-0.2, 0) is 5.41 Å². The van der Waals surface area contributed by atoms with Crippen molar-refractivity contribution >= 4 is 22.7 Å². The van der Waals surface area contributed by atoms with Gasteiger partial charge in [-0.3, -0.25) is 0 Å². The molecule has 80 valence electrons. The SMILES string of the molecule is CC(C)(c1cccs1)C(N)c1cccs1. The Morgan fingerprint density at radius 3 is 2.33 bits per heavy atom. The van der Waals surface area contributed by atoms with Gasteiger partial charge in [0, 0.05) is 21.2 Å². The fourth-order valence-electron chi connectivity index (χ4n) is 1.62. The fourth-order valence-corrected chi connectivity index (χ4v) is 3.43. The molecular formula is C12H15NS2. The maximum absolute atomic E-state index is 6.33. The highest BCUT2D eigenvalue weighted by Crippen LogP contribution is 2.38. The second kappa shape index (κ2) is 4.08. The zero-order valence-electron chi connectivity index (χ0n) is 8.94. The van der Waals surface area contributed by atoms with Crippen LogP contribution in [0, 0.1) is 0 Å². The predicted octanol–water partition coefficient (Wildman–Crippen LogP) is 3.79. The molecule has 0 spiro atoms. The Labute approximate surface area is 98.6 Å². The van der Waals surface area contributed by atoms with Crippen molar-refractivity contribution in [3.05, 3.63) is 44.8 Å². The molecule has 0 fully saturated rings. The monoisotopic (exact) mass is 237 g/mol. The maximum Gasteiger partial charge on any atom is 0.0490 e. The van der Waals surface area contributed by atoms with Gasteiger partial charge in [0.05, 0.1) is 0 Å². The molecule has 0 radical (unpaired) electrons. The molecule has 2 aromatic heterocycles. The predicted molar refractivity (Wildman–Crippen MR) is 68.6 cm³/mol. The van der Waals surface area contributed by atoms with E-state index in [4.69, 9.17) is 5.73 Å². The van der Waals surface area contributed by atoms with Crippen LogP contribution in [-0.4, -0.2) is 0 Å². The van der Waals surface area contributed by atoms with Crippen molar-refractivity contribution in [3.63, 3.8) is 0 Å². The number of nitrogens with two attached hydrogens (primary N) is 1. The summed E-state index contributed by atoms with van der Waals surface area (Å²) >= 11 is 3.51. The maximum atomic E-state index is 6.33. The molecular weight excluding hydrogens is 222 g/mol. The van der Waals surface area contributed by atoms with Crippen LogP contribution in [0.1, 0.15) is 29.6 Å². The molecule has 1 unspecified atom stereocenters. The minimum absolute atomic E-state index is 0.0129. The Balaban J connectivity index is 2.30. The van der Waals surface area contributed by atoms with Crippen molar-refractivity contribution in [2.24, 2.45) is 5.73 Å². The minimum atomic E-state index is 0.0129. The van der Waals surface area contributed by atoms with Crippen molar-refractivity contribution in [3.8, 4) is 0 Å². The average Bonchev–Trinajstić information content (AvgIpc) is 2.89. The van der Waals surface area contributed by atoms with Gasteiger partial charge in [0.15, 0.2) is 0 Å². The van der Waals surface area contributed by atoms with E-state index in [0.29, 0.717) is 0 Å². The molecule has 2 rings (SSSR count). The first-order valence-electron chi connectivity index (χ1n) is 4.95. The summed E-state index contributed by atoms with van der Waals surface area (Å²) in [5, 5.41) is 4.19. The normalized spacial score (nSPS) is 14.1. The highest BCUT2D eigenvalue weighted by Gasteiger charge is 2.31. The molecule has 0 bridgehead atoms. The van der Waals surface area contributed by atoms with Gasteiger partial charge in [0.1, 0.15) is 0 Å². The molecule has 2 N–H and O–H groups in total. The third-order valence-electron chi connectivity index (χ3n) is 2.78. The van der Waals surface area contributed by atoms with Crippen LogP contribution in [0.25, 0.3) is 0 Å². The van der Waals surface area contributed by atoms with Crippen molar-refractivity contribution in [1.29, 1.82) is 0 Å². The van der Waals surface area contributed by atoms with E-state index < -0.39 is 0 Å². The van der Waals surface area contributed by atoms with Crippen LogP contribution >= 0.6 is 22.7 Å². The zero-order valence-corrected chi connectivity index (χ0v) is 10.6. The summed E-state index contributed by atoms with van der Waals surface area (Å²) in [7, 11) is 0. The first kappa shape index (κ1) is 10.9. The second-order valence-corrected chi connectivity index (χ2v) is 6.12. The Bertz CT molecular complexity index is 401. The third kappa shape index (κ3) is 2.00. The third-order valence-corrected chi connectivity index (χ3v) is 4.95. The van der Waals surface area contributed by atoms with Gasteiger partial charge in [-0.25, -0.2) is 0 Å². The number of hydrogen-bond donors (Lipinski definition) is 1. The Morgan fingerprint density at radius 1 is 1.13 bits per heavy atom. The molecule has 15 heavy (non-hydrogen) atoms. The number of hydrogen-bond acceptors (Lipinski definition) is 3. The summed E-state index contributed by atoms with van der Waals surface area (Å²) in [5.41, 5.74) is 6.34. The highest BCUT2D eigenvalue weighted by atomic mass is 32.1. The Kier molecular flexibility index (Phi) is 2.96. The van der Waals surface area contributed by atoms with Gasteiger partial charge in [-0.1, -0.05) is 26.0 Å². The van der Waals surface area contributed by atoms with Crippen molar-refractivity contribution in [2.75, 3.05) is 0 Å². The highest BCUT2D eigenvalue weighted by molar-refractivity contribution is 7.10. The van der Waals surface area contributed by atoms with Crippen molar-refractivity contribution in [1.82, 2.24) is 0 Å². The summed E-state index contributed by atoms with van der Waals surface area (Å²) in [6.07, 6.45) is 0. The van der Waals surface area contributed by atoms with Crippen molar-refractivity contribution < 1.29 is 0 Å². The lowest BCUT2D eigenvalue weighted by Gasteiger charge is -2.29. The Morgan fingerprint density at radius 2 is 1.80 bits per heavy atom. The minimum Gasteiger partial charge on any atom is -0.323 e. The van der Waals surface area contributed by atoms with Crippen LogP contribution in [0.2, 0.25) is 0 Å². The van der Waals surface area contributed by atoms with E-state index in [0.717, 1.165) is 0 Å². The topological polar surface area (TPSA) is 26.0 Å². The quantitative estimate of drug-likeness (QED) is 0.863. The summed E-state index contributed by atoms with van der Waals surface area (Å²) in [6.45, 7) is 4.42.